The summed E-state index contributed by atoms with van der Waals surface area (Å²) in [5.74, 6) is -0.133. The first-order chi connectivity index (χ1) is 11.1. The molecule has 1 aromatic carbocycles. The number of carbonyl (C=O) groups excluding carboxylic acids is 1. The maximum atomic E-state index is 11.1. The highest BCUT2D eigenvalue weighted by Crippen LogP contribution is 2.26. The molecule has 0 fully saturated rings. The largest absolute Gasteiger partial charge is 0.366 e. The number of amides is 1. The Labute approximate surface area is 137 Å². The lowest BCUT2D eigenvalue weighted by molar-refractivity contribution is 0.1000. The molecule has 23 heavy (non-hydrogen) atoms. The first-order valence-corrected chi connectivity index (χ1v) is 7.26. The lowest BCUT2D eigenvalue weighted by Crippen LogP contribution is -2.11. The standard InChI is InChI=1S/C16H14ClN5O/c1-10-14(9-20-22(10)12-5-3-2-4-6-12)21-16-13(17)7-11(8-19-16)15(18)23/h2-9H,1H3,(H2,18,23)(H,19,21). The third-order valence-corrected chi connectivity index (χ3v) is 3.68. The van der Waals surface area contributed by atoms with Gasteiger partial charge in [-0.05, 0) is 25.1 Å². The van der Waals surface area contributed by atoms with Gasteiger partial charge in [-0.25, -0.2) is 9.67 Å². The van der Waals surface area contributed by atoms with Gasteiger partial charge in [0.15, 0.2) is 0 Å². The van der Waals surface area contributed by atoms with E-state index in [1.807, 2.05) is 41.9 Å². The molecule has 0 aliphatic rings. The molecule has 0 bridgehead atoms. The van der Waals surface area contributed by atoms with Crippen LogP contribution in [0.3, 0.4) is 0 Å². The van der Waals surface area contributed by atoms with Crippen molar-refractivity contribution in [1.82, 2.24) is 14.8 Å². The van der Waals surface area contributed by atoms with Crippen molar-refractivity contribution >= 4 is 29.0 Å². The summed E-state index contributed by atoms with van der Waals surface area (Å²) >= 11 is 6.14. The van der Waals surface area contributed by atoms with Crippen molar-refractivity contribution in [3.05, 3.63) is 65.1 Å². The molecule has 2 aromatic heterocycles. The Morgan fingerprint density at radius 2 is 2.00 bits per heavy atom. The molecule has 0 spiro atoms. The molecular formula is C16H14ClN5O. The predicted octanol–water partition coefficient (Wildman–Crippen LogP) is 3.07. The number of carbonyl (C=O) groups is 1. The van der Waals surface area contributed by atoms with Gasteiger partial charge in [0.1, 0.15) is 5.82 Å². The number of rotatable bonds is 4. The molecule has 0 aliphatic carbocycles. The fraction of sp³-hybridized carbons (Fsp3) is 0.0625. The van der Waals surface area contributed by atoms with Crippen molar-refractivity contribution in [2.24, 2.45) is 5.73 Å². The summed E-state index contributed by atoms with van der Waals surface area (Å²) in [6, 6.07) is 11.3. The zero-order chi connectivity index (χ0) is 16.4. The summed E-state index contributed by atoms with van der Waals surface area (Å²) in [7, 11) is 0. The maximum absolute atomic E-state index is 11.1. The van der Waals surface area contributed by atoms with Gasteiger partial charge in [0.25, 0.3) is 0 Å². The highest BCUT2D eigenvalue weighted by molar-refractivity contribution is 6.33. The van der Waals surface area contributed by atoms with Crippen LogP contribution in [0.2, 0.25) is 5.02 Å². The van der Waals surface area contributed by atoms with E-state index in [4.69, 9.17) is 17.3 Å². The summed E-state index contributed by atoms with van der Waals surface area (Å²) in [6.45, 7) is 1.94. The Hall–Kier alpha value is -2.86. The van der Waals surface area contributed by atoms with Crippen molar-refractivity contribution in [3.8, 4) is 5.69 Å². The molecule has 0 radical (unpaired) electrons. The first-order valence-electron chi connectivity index (χ1n) is 6.88. The maximum Gasteiger partial charge on any atom is 0.250 e. The highest BCUT2D eigenvalue weighted by Gasteiger charge is 2.12. The van der Waals surface area contributed by atoms with Crippen LogP contribution < -0.4 is 11.1 Å². The number of para-hydroxylation sites is 1. The van der Waals surface area contributed by atoms with Gasteiger partial charge in [0, 0.05) is 6.20 Å². The third-order valence-electron chi connectivity index (χ3n) is 3.39. The molecule has 0 unspecified atom stereocenters. The van der Waals surface area contributed by atoms with Crippen molar-refractivity contribution in [1.29, 1.82) is 0 Å². The number of pyridine rings is 1. The molecule has 0 saturated carbocycles. The molecule has 0 saturated heterocycles. The van der Waals surface area contributed by atoms with Crippen molar-refractivity contribution in [3.63, 3.8) is 0 Å². The van der Waals surface area contributed by atoms with E-state index in [9.17, 15) is 4.79 Å². The molecule has 6 nitrogen and oxygen atoms in total. The van der Waals surface area contributed by atoms with E-state index < -0.39 is 5.91 Å². The van der Waals surface area contributed by atoms with Gasteiger partial charge in [-0.1, -0.05) is 29.8 Å². The fourth-order valence-electron chi connectivity index (χ4n) is 2.15. The second-order valence-electron chi connectivity index (χ2n) is 4.93. The lowest BCUT2D eigenvalue weighted by Gasteiger charge is -2.08. The van der Waals surface area contributed by atoms with E-state index in [1.54, 1.807) is 6.20 Å². The number of aromatic nitrogens is 3. The molecule has 0 aliphatic heterocycles. The first kappa shape index (κ1) is 15.1. The smallest absolute Gasteiger partial charge is 0.250 e. The lowest BCUT2D eigenvalue weighted by atomic mass is 10.2. The number of hydrogen-bond acceptors (Lipinski definition) is 4. The topological polar surface area (TPSA) is 85.8 Å². The van der Waals surface area contributed by atoms with Crippen molar-refractivity contribution < 1.29 is 4.79 Å². The molecule has 116 valence electrons. The minimum atomic E-state index is -0.570. The molecule has 3 N–H and O–H groups in total. The monoisotopic (exact) mass is 327 g/mol. The quantitative estimate of drug-likeness (QED) is 0.771. The Kier molecular flexibility index (Phi) is 3.99. The molecule has 0 atom stereocenters. The van der Waals surface area contributed by atoms with E-state index >= 15 is 0 Å². The van der Waals surface area contributed by atoms with Crippen LogP contribution in [-0.2, 0) is 0 Å². The molecule has 7 heteroatoms. The van der Waals surface area contributed by atoms with E-state index in [0.717, 1.165) is 17.1 Å². The van der Waals surface area contributed by atoms with Gasteiger partial charge in [-0.3, -0.25) is 4.79 Å². The second kappa shape index (κ2) is 6.10. The Morgan fingerprint density at radius 1 is 1.26 bits per heavy atom. The third kappa shape index (κ3) is 3.02. The van der Waals surface area contributed by atoms with Gasteiger partial charge in [0.2, 0.25) is 5.91 Å². The molecule has 1 amide bonds. The SMILES string of the molecule is Cc1c(Nc2ncc(C(N)=O)cc2Cl)cnn1-c1ccccc1. The zero-order valence-corrected chi connectivity index (χ0v) is 13.1. The second-order valence-corrected chi connectivity index (χ2v) is 5.34. The minimum Gasteiger partial charge on any atom is -0.366 e. The van der Waals surface area contributed by atoms with Crippen LogP contribution in [0, 0.1) is 6.92 Å². The normalized spacial score (nSPS) is 10.5. The van der Waals surface area contributed by atoms with Gasteiger partial charge < -0.3 is 11.1 Å². The number of halogens is 1. The zero-order valence-electron chi connectivity index (χ0n) is 12.3. The average molecular weight is 328 g/mol. The van der Waals surface area contributed by atoms with Crippen molar-refractivity contribution in [2.45, 2.75) is 6.92 Å². The van der Waals surface area contributed by atoms with Crippen LogP contribution in [0.15, 0.2) is 48.8 Å². The highest BCUT2D eigenvalue weighted by atomic mass is 35.5. The van der Waals surface area contributed by atoms with Crippen LogP contribution >= 0.6 is 11.6 Å². The fourth-order valence-corrected chi connectivity index (χ4v) is 2.37. The summed E-state index contributed by atoms with van der Waals surface area (Å²) in [4.78, 5) is 15.3. The molecule has 3 aromatic rings. The number of nitrogens with two attached hydrogens (primary N) is 1. The summed E-state index contributed by atoms with van der Waals surface area (Å²) in [5, 5.41) is 7.80. The number of nitrogens with one attached hydrogen (secondary N) is 1. The molecule has 2 heterocycles. The Balaban J connectivity index is 1.90. The van der Waals surface area contributed by atoms with Crippen LogP contribution in [0.5, 0.6) is 0 Å². The van der Waals surface area contributed by atoms with Gasteiger partial charge >= 0.3 is 0 Å². The Bertz CT molecular complexity index is 860. The van der Waals surface area contributed by atoms with Crippen LogP contribution in [-0.4, -0.2) is 20.7 Å². The predicted molar refractivity (Wildman–Crippen MR) is 89.3 cm³/mol. The molecule has 3 rings (SSSR count). The van der Waals surface area contributed by atoms with Gasteiger partial charge in [-0.15, -0.1) is 0 Å². The van der Waals surface area contributed by atoms with Gasteiger partial charge in [-0.2, -0.15) is 5.10 Å². The van der Waals surface area contributed by atoms with E-state index in [2.05, 4.69) is 15.4 Å². The summed E-state index contributed by atoms with van der Waals surface area (Å²) in [5.41, 5.74) is 8.11. The Morgan fingerprint density at radius 3 is 2.65 bits per heavy atom. The molecular weight excluding hydrogens is 314 g/mol. The average Bonchev–Trinajstić information content (AvgIpc) is 2.91. The number of primary amides is 1. The minimum absolute atomic E-state index is 0.261. The summed E-state index contributed by atoms with van der Waals surface area (Å²) < 4.78 is 1.81. The van der Waals surface area contributed by atoms with Crippen LogP contribution in [0.4, 0.5) is 11.5 Å². The summed E-state index contributed by atoms with van der Waals surface area (Å²) in [6.07, 6.45) is 3.08. The van der Waals surface area contributed by atoms with E-state index in [1.165, 1.54) is 12.3 Å². The van der Waals surface area contributed by atoms with Crippen LogP contribution in [0.25, 0.3) is 5.69 Å². The number of nitrogens with zero attached hydrogens (tertiary/aromatic N) is 3. The van der Waals surface area contributed by atoms with Crippen LogP contribution in [0.1, 0.15) is 16.1 Å². The van der Waals surface area contributed by atoms with Gasteiger partial charge in [0.05, 0.1) is 33.9 Å². The van der Waals surface area contributed by atoms with E-state index in [-0.39, 0.29) is 5.56 Å². The van der Waals surface area contributed by atoms with Crippen molar-refractivity contribution in [2.75, 3.05) is 5.32 Å². The number of benzene rings is 1. The number of hydrogen-bond donors (Lipinski definition) is 2. The number of anilines is 2. The van der Waals surface area contributed by atoms with E-state index in [0.29, 0.717) is 10.8 Å².